The maximum absolute atomic E-state index is 11.9. The molecular weight excluding hydrogens is 346 g/mol. The fourth-order valence-electron chi connectivity index (χ4n) is 2.35. The molecule has 1 amide bonds. The minimum atomic E-state index is -0.0216. The SMILES string of the molecule is O=C(CSCc1cc(Cl)c2c(c1)OCCCO2)Nc1ccccc1. The maximum Gasteiger partial charge on any atom is 0.234 e. The van der Waals surface area contributed by atoms with E-state index in [1.165, 1.54) is 11.8 Å². The molecule has 1 aliphatic heterocycles. The number of halogens is 1. The van der Waals surface area contributed by atoms with Gasteiger partial charge in [0.2, 0.25) is 5.91 Å². The van der Waals surface area contributed by atoms with Crippen LogP contribution in [0.2, 0.25) is 5.02 Å². The van der Waals surface area contributed by atoms with E-state index in [1.807, 2.05) is 42.5 Å². The Hall–Kier alpha value is -1.85. The van der Waals surface area contributed by atoms with Crippen molar-refractivity contribution in [2.24, 2.45) is 0 Å². The first-order valence-electron chi connectivity index (χ1n) is 7.73. The molecule has 0 aromatic heterocycles. The van der Waals surface area contributed by atoms with E-state index in [2.05, 4.69) is 5.32 Å². The maximum atomic E-state index is 11.9. The fraction of sp³-hybridized carbons (Fsp3) is 0.278. The summed E-state index contributed by atoms with van der Waals surface area (Å²) in [6.45, 7) is 1.24. The third kappa shape index (κ3) is 4.58. The van der Waals surface area contributed by atoms with Crippen LogP contribution in [0.15, 0.2) is 42.5 Å². The minimum absolute atomic E-state index is 0.0216. The molecule has 2 aromatic rings. The van der Waals surface area contributed by atoms with Crippen molar-refractivity contribution in [3.05, 3.63) is 53.1 Å². The van der Waals surface area contributed by atoms with E-state index in [0.717, 1.165) is 17.7 Å². The molecule has 4 nitrogen and oxygen atoms in total. The number of amides is 1. The first-order chi connectivity index (χ1) is 11.7. The molecule has 0 saturated heterocycles. The molecule has 24 heavy (non-hydrogen) atoms. The van der Waals surface area contributed by atoms with E-state index >= 15 is 0 Å². The standard InChI is InChI=1S/C18H18ClNO3S/c19-15-9-13(10-16-18(15)23-8-4-7-22-16)11-24-12-17(21)20-14-5-2-1-3-6-14/h1-3,5-6,9-10H,4,7-8,11-12H2,(H,20,21). The number of fused-ring (bicyclic) bond motifs is 1. The number of ether oxygens (including phenoxy) is 2. The summed E-state index contributed by atoms with van der Waals surface area (Å²) in [4.78, 5) is 11.9. The molecule has 0 atom stereocenters. The van der Waals surface area contributed by atoms with Gasteiger partial charge in [-0.2, -0.15) is 0 Å². The van der Waals surface area contributed by atoms with Crippen molar-refractivity contribution in [2.75, 3.05) is 24.3 Å². The highest BCUT2D eigenvalue weighted by Crippen LogP contribution is 2.38. The molecule has 0 spiro atoms. The molecule has 1 heterocycles. The van der Waals surface area contributed by atoms with Crippen LogP contribution in [0.25, 0.3) is 0 Å². The highest BCUT2D eigenvalue weighted by atomic mass is 35.5. The Kier molecular flexibility index (Phi) is 5.88. The van der Waals surface area contributed by atoms with Crippen LogP contribution in [0.4, 0.5) is 5.69 Å². The van der Waals surface area contributed by atoms with Crippen LogP contribution in [0, 0.1) is 0 Å². The van der Waals surface area contributed by atoms with Crippen LogP contribution in [0.5, 0.6) is 11.5 Å². The van der Waals surface area contributed by atoms with Crippen molar-refractivity contribution in [1.29, 1.82) is 0 Å². The first kappa shape index (κ1) is 17.0. The topological polar surface area (TPSA) is 47.6 Å². The summed E-state index contributed by atoms with van der Waals surface area (Å²) in [5, 5.41) is 3.42. The Morgan fingerprint density at radius 3 is 2.79 bits per heavy atom. The predicted molar refractivity (Wildman–Crippen MR) is 98.3 cm³/mol. The number of anilines is 1. The lowest BCUT2D eigenvalue weighted by Crippen LogP contribution is -2.13. The highest BCUT2D eigenvalue weighted by Gasteiger charge is 2.15. The molecule has 0 bridgehead atoms. The normalized spacial score (nSPS) is 13.2. The van der Waals surface area contributed by atoms with Gasteiger partial charge in [-0.05, 0) is 29.8 Å². The van der Waals surface area contributed by atoms with Gasteiger partial charge in [-0.25, -0.2) is 0 Å². The van der Waals surface area contributed by atoms with Gasteiger partial charge in [0.1, 0.15) is 0 Å². The monoisotopic (exact) mass is 363 g/mol. The Morgan fingerprint density at radius 2 is 1.96 bits per heavy atom. The lowest BCUT2D eigenvalue weighted by molar-refractivity contribution is -0.113. The van der Waals surface area contributed by atoms with Crippen molar-refractivity contribution in [3.8, 4) is 11.5 Å². The number of hydrogen-bond acceptors (Lipinski definition) is 4. The summed E-state index contributed by atoms with van der Waals surface area (Å²) < 4.78 is 11.3. The van der Waals surface area contributed by atoms with Gasteiger partial charge >= 0.3 is 0 Å². The van der Waals surface area contributed by atoms with E-state index in [-0.39, 0.29) is 5.91 Å². The average Bonchev–Trinajstić information content (AvgIpc) is 2.81. The van der Waals surface area contributed by atoms with E-state index in [0.29, 0.717) is 41.2 Å². The Labute approximate surface area is 150 Å². The zero-order valence-corrected chi connectivity index (χ0v) is 14.7. The molecule has 0 fully saturated rings. The van der Waals surface area contributed by atoms with E-state index in [4.69, 9.17) is 21.1 Å². The quantitative estimate of drug-likeness (QED) is 0.856. The van der Waals surface area contributed by atoms with Gasteiger partial charge in [-0.15, -0.1) is 11.8 Å². The third-order valence-corrected chi connectivity index (χ3v) is 4.71. The molecule has 0 radical (unpaired) electrons. The number of carbonyl (C=O) groups excluding carboxylic acids is 1. The number of nitrogens with one attached hydrogen (secondary N) is 1. The summed E-state index contributed by atoms with van der Waals surface area (Å²) in [7, 11) is 0. The molecule has 3 rings (SSSR count). The predicted octanol–water partition coefficient (Wildman–Crippen LogP) is 4.37. The number of rotatable bonds is 5. The third-order valence-electron chi connectivity index (χ3n) is 3.42. The molecule has 0 saturated carbocycles. The van der Waals surface area contributed by atoms with Crippen molar-refractivity contribution in [3.63, 3.8) is 0 Å². The number of para-hydroxylation sites is 1. The first-order valence-corrected chi connectivity index (χ1v) is 9.26. The van der Waals surface area contributed by atoms with E-state index in [9.17, 15) is 4.79 Å². The van der Waals surface area contributed by atoms with Crippen LogP contribution >= 0.6 is 23.4 Å². The smallest absolute Gasteiger partial charge is 0.234 e. The largest absolute Gasteiger partial charge is 0.489 e. The van der Waals surface area contributed by atoms with Gasteiger partial charge in [0.05, 0.1) is 24.0 Å². The second-order valence-corrected chi connectivity index (χ2v) is 6.76. The van der Waals surface area contributed by atoms with Crippen molar-refractivity contribution in [2.45, 2.75) is 12.2 Å². The van der Waals surface area contributed by atoms with Crippen molar-refractivity contribution >= 4 is 35.0 Å². The number of carbonyl (C=O) groups is 1. The van der Waals surface area contributed by atoms with Crippen LogP contribution in [0.1, 0.15) is 12.0 Å². The lowest BCUT2D eigenvalue weighted by atomic mass is 10.2. The van der Waals surface area contributed by atoms with Gasteiger partial charge in [0.15, 0.2) is 11.5 Å². The fourth-order valence-corrected chi connectivity index (χ4v) is 3.40. The summed E-state index contributed by atoms with van der Waals surface area (Å²) >= 11 is 7.81. The molecule has 1 aliphatic rings. The average molecular weight is 364 g/mol. The van der Waals surface area contributed by atoms with Crippen LogP contribution < -0.4 is 14.8 Å². The van der Waals surface area contributed by atoms with E-state index in [1.54, 1.807) is 0 Å². The summed E-state index contributed by atoms with van der Waals surface area (Å²) in [5.74, 6) is 2.33. The Bertz CT molecular complexity index is 709. The second-order valence-electron chi connectivity index (χ2n) is 5.36. The van der Waals surface area contributed by atoms with Gasteiger partial charge < -0.3 is 14.8 Å². The van der Waals surface area contributed by atoms with E-state index < -0.39 is 0 Å². The molecule has 0 unspecified atom stereocenters. The number of thioether (sulfide) groups is 1. The minimum Gasteiger partial charge on any atom is -0.489 e. The van der Waals surface area contributed by atoms with Crippen LogP contribution in [-0.4, -0.2) is 24.9 Å². The zero-order chi connectivity index (χ0) is 16.8. The number of benzene rings is 2. The Balaban J connectivity index is 1.54. The summed E-state index contributed by atoms with van der Waals surface area (Å²) in [6.07, 6.45) is 0.842. The van der Waals surface area contributed by atoms with Crippen molar-refractivity contribution < 1.29 is 14.3 Å². The van der Waals surface area contributed by atoms with Gasteiger partial charge in [-0.1, -0.05) is 29.8 Å². The molecule has 2 aromatic carbocycles. The van der Waals surface area contributed by atoms with Crippen molar-refractivity contribution in [1.82, 2.24) is 0 Å². The van der Waals surface area contributed by atoms with Crippen LogP contribution in [-0.2, 0) is 10.5 Å². The molecule has 126 valence electrons. The lowest BCUT2D eigenvalue weighted by Gasteiger charge is -2.11. The van der Waals surface area contributed by atoms with Gasteiger partial charge in [0, 0.05) is 17.9 Å². The van der Waals surface area contributed by atoms with Gasteiger partial charge in [-0.3, -0.25) is 4.79 Å². The Morgan fingerprint density at radius 1 is 1.17 bits per heavy atom. The molecule has 0 aliphatic carbocycles. The highest BCUT2D eigenvalue weighted by molar-refractivity contribution is 7.99. The zero-order valence-electron chi connectivity index (χ0n) is 13.1. The molecule has 1 N–H and O–H groups in total. The number of hydrogen-bond donors (Lipinski definition) is 1. The van der Waals surface area contributed by atoms with Crippen LogP contribution in [0.3, 0.4) is 0 Å². The van der Waals surface area contributed by atoms with Gasteiger partial charge in [0.25, 0.3) is 0 Å². The summed E-state index contributed by atoms with van der Waals surface area (Å²) in [6, 6.07) is 13.2. The summed E-state index contributed by atoms with van der Waals surface area (Å²) in [5.41, 5.74) is 1.82. The second kappa shape index (κ2) is 8.31. The molecule has 6 heteroatoms. The molecular formula is C18H18ClNO3S.